The molecule has 17 heavy (non-hydrogen) atoms. The Bertz CT molecular complexity index is 488. The zero-order valence-corrected chi connectivity index (χ0v) is 9.53. The van der Waals surface area contributed by atoms with Gasteiger partial charge in [-0.05, 0) is 30.9 Å². The van der Waals surface area contributed by atoms with Crippen molar-refractivity contribution in [1.29, 1.82) is 0 Å². The highest BCUT2D eigenvalue weighted by Crippen LogP contribution is 2.37. The molecular weight excluding hydrogens is 214 g/mol. The summed E-state index contributed by atoms with van der Waals surface area (Å²) < 4.78 is 2.00. The number of aliphatic hydroxyl groups is 1. The first kappa shape index (κ1) is 10.5. The smallest absolute Gasteiger partial charge is 0.0733 e. The number of aromatic nitrogens is 3. The molecule has 1 saturated carbocycles. The average Bonchev–Trinajstić information content (AvgIpc) is 2.78. The van der Waals surface area contributed by atoms with E-state index >= 15 is 0 Å². The van der Waals surface area contributed by atoms with Gasteiger partial charge in [-0.2, -0.15) is 5.10 Å². The van der Waals surface area contributed by atoms with Gasteiger partial charge in [-0.15, -0.1) is 0 Å². The van der Waals surface area contributed by atoms with E-state index in [2.05, 4.69) is 10.1 Å². The SMILES string of the molecule is OC[C@H]1C[C@H](n2cc(-c3ccccn3)cn2)C1. The fraction of sp³-hybridized carbons (Fsp3) is 0.385. The van der Waals surface area contributed by atoms with Crippen molar-refractivity contribution in [3.63, 3.8) is 0 Å². The molecule has 2 aromatic heterocycles. The third kappa shape index (κ3) is 1.96. The van der Waals surface area contributed by atoms with Crippen molar-refractivity contribution in [2.24, 2.45) is 5.92 Å². The van der Waals surface area contributed by atoms with Crippen LogP contribution >= 0.6 is 0 Å². The van der Waals surface area contributed by atoms with Crippen LogP contribution in [0.25, 0.3) is 11.3 Å². The minimum atomic E-state index is 0.296. The zero-order valence-electron chi connectivity index (χ0n) is 9.53. The second-order valence-corrected chi connectivity index (χ2v) is 4.60. The fourth-order valence-corrected chi connectivity index (χ4v) is 2.27. The highest BCUT2D eigenvalue weighted by atomic mass is 16.3. The zero-order chi connectivity index (χ0) is 11.7. The Morgan fingerprint density at radius 3 is 2.94 bits per heavy atom. The van der Waals surface area contributed by atoms with E-state index in [1.807, 2.05) is 35.3 Å². The largest absolute Gasteiger partial charge is 0.396 e. The maximum Gasteiger partial charge on any atom is 0.0733 e. The summed E-state index contributed by atoms with van der Waals surface area (Å²) in [4.78, 5) is 4.30. The number of rotatable bonds is 3. The van der Waals surface area contributed by atoms with E-state index in [4.69, 9.17) is 5.11 Å². The Morgan fingerprint density at radius 2 is 2.24 bits per heavy atom. The Kier molecular flexibility index (Phi) is 2.65. The maximum atomic E-state index is 8.99. The van der Waals surface area contributed by atoms with Gasteiger partial charge < -0.3 is 5.11 Å². The van der Waals surface area contributed by atoms with Gasteiger partial charge in [0.2, 0.25) is 0 Å². The van der Waals surface area contributed by atoms with Gasteiger partial charge in [0.1, 0.15) is 0 Å². The van der Waals surface area contributed by atoms with Gasteiger partial charge in [-0.1, -0.05) is 6.07 Å². The van der Waals surface area contributed by atoms with Crippen LogP contribution in [0, 0.1) is 5.92 Å². The molecule has 2 aromatic rings. The first-order valence-electron chi connectivity index (χ1n) is 5.93. The molecule has 4 nitrogen and oxygen atoms in total. The molecule has 1 N–H and O–H groups in total. The number of pyridine rings is 1. The van der Waals surface area contributed by atoms with Crippen molar-refractivity contribution in [2.45, 2.75) is 18.9 Å². The quantitative estimate of drug-likeness (QED) is 0.874. The lowest BCUT2D eigenvalue weighted by molar-refractivity contribution is 0.105. The highest BCUT2D eigenvalue weighted by molar-refractivity contribution is 5.56. The fourth-order valence-electron chi connectivity index (χ4n) is 2.27. The molecule has 0 amide bonds. The van der Waals surface area contributed by atoms with Crippen molar-refractivity contribution in [2.75, 3.05) is 6.61 Å². The lowest BCUT2D eigenvalue weighted by Crippen LogP contribution is -2.29. The maximum absolute atomic E-state index is 8.99. The van der Waals surface area contributed by atoms with Crippen LogP contribution in [0.3, 0.4) is 0 Å². The molecule has 1 aliphatic rings. The molecule has 0 bridgehead atoms. The molecule has 0 saturated heterocycles. The van der Waals surface area contributed by atoms with Crippen molar-refractivity contribution in [1.82, 2.24) is 14.8 Å². The monoisotopic (exact) mass is 229 g/mol. The predicted molar refractivity (Wildman–Crippen MR) is 64.3 cm³/mol. The number of nitrogens with zero attached hydrogens (tertiary/aromatic N) is 3. The molecule has 3 rings (SSSR count). The van der Waals surface area contributed by atoms with Gasteiger partial charge in [0.05, 0.1) is 17.9 Å². The number of hydrogen-bond donors (Lipinski definition) is 1. The molecule has 1 aliphatic carbocycles. The molecule has 0 atom stereocenters. The van der Waals surface area contributed by atoms with Crippen LogP contribution in [0.1, 0.15) is 18.9 Å². The molecule has 2 heterocycles. The normalized spacial score (nSPS) is 23.4. The van der Waals surface area contributed by atoms with Gasteiger partial charge in [0.25, 0.3) is 0 Å². The summed E-state index contributed by atoms with van der Waals surface area (Å²) in [6, 6.07) is 6.32. The molecular formula is C13H15N3O. The van der Waals surface area contributed by atoms with Crippen LogP contribution in [0.4, 0.5) is 0 Å². The lowest BCUT2D eigenvalue weighted by Gasteiger charge is -2.33. The summed E-state index contributed by atoms with van der Waals surface area (Å²) in [5, 5.41) is 13.4. The van der Waals surface area contributed by atoms with Gasteiger partial charge in [0.15, 0.2) is 0 Å². The van der Waals surface area contributed by atoms with Crippen LogP contribution in [-0.4, -0.2) is 26.5 Å². The summed E-state index contributed by atoms with van der Waals surface area (Å²) in [5.41, 5.74) is 2.01. The summed E-state index contributed by atoms with van der Waals surface area (Å²) in [6.45, 7) is 0.296. The summed E-state index contributed by atoms with van der Waals surface area (Å²) in [6.07, 6.45) is 7.74. The molecule has 0 aromatic carbocycles. The summed E-state index contributed by atoms with van der Waals surface area (Å²) in [7, 11) is 0. The summed E-state index contributed by atoms with van der Waals surface area (Å²) in [5.74, 6) is 0.461. The minimum absolute atomic E-state index is 0.296. The first-order chi connectivity index (χ1) is 8.36. The number of hydrogen-bond acceptors (Lipinski definition) is 3. The van der Waals surface area contributed by atoms with E-state index in [1.165, 1.54) is 0 Å². The third-order valence-corrected chi connectivity index (χ3v) is 3.41. The lowest BCUT2D eigenvalue weighted by atomic mass is 9.81. The van der Waals surface area contributed by atoms with E-state index in [0.29, 0.717) is 18.6 Å². The van der Waals surface area contributed by atoms with Crippen LogP contribution < -0.4 is 0 Å². The standard InChI is InChI=1S/C13H15N3O/c17-9-10-5-12(6-10)16-8-11(7-15-16)13-3-1-2-4-14-13/h1-4,7-8,10,12,17H,5-6,9H2/t10-,12-. The van der Waals surface area contributed by atoms with E-state index in [1.54, 1.807) is 6.20 Å². The second kappa shape index (κ2) is 4.30. The topological polar surface area (TPSA) is 50.9 Å². The Morgan fingerprint density at radius 1 is 1.35 bits per heavy atom. The molecule has 0 spiro atoms. The van der Waals surface area contributed by atoms with Gasteiger partial charge in [-0.3, -0.25) is 9.67 Å². The molecule has 0 radical (unpaired) electrons. The third-order valence-electron chi connectivity index (χ3n) is 3.41. The molecule has 88 valence electrons. The molecule has 4 heteroatoms. The van der Waals surface area contributed by atoms with Gasteiger partial charge >= 0.3 is 0 Å². The Hall–Kier alpha value is -1.68. The average molecular weight is 229 g/mol. The van der Waals surface area contributed by atoms with Gasteiger partial charge in [-0.25, -0.2) is 0 Å². The number of aliphatic hydroxyl groups excluding tert-OH is 1. The van der Waals surface area contributed by atoms with E-state index in [9.17, 15) is 0 Å². The van der Waals surface area contributed by atoms with Crippen molar-refractivity contribution in [3.05, 3.63) is 36.8 Å². The second-order valence-electron chi connectivity index (χ2n) is 4.60. The van der Waals surface area contributed by atoms with Gasteiger partial charge in [0, 0.05) is 24.6 Å². The van der Waals surface area contributed by atoms with Crippen LogP contribution in [0.5, 0.6) is 0 Å². The molecule has 0 aliphatic heterocycles. The van der Waals surface area contributed by atoms with Crippen molar-refractivity contribution in [3.8, 4) is 11.3 Å². The Labute approximate surface area is 99.9 Å². The minimum Gasteiger partial charge on any atom is -0.396 e. The first-order valence-corrected chi connectivity index (χ1v) is 5.93. The molecule has 1 fully saturated rings. The van der Waals surface area contributed by atoms with Crippen LogP contribution in [0.2, 0.25) is 0 Å². The van der Waals surface area contributed by atoms with E-state index in [-0.39, 0.29) is 0 Å². The summed E-state index contributed by atoms with van der Waals surface area (Å²) >= 11 is 0. The Balaban J connectivity index is 1.76. The van der Waals surface area contributed by atoms with E-state index < -0.39 is 0 Å². The van der Waals surface area contributed by atoms with Crippen molar-refractivity contribution < 1.29 is 5.11 Å². The van der Waals surface area contributed by atoms with Crippen LogP contribution in [0.15, 0.2) is 36.8 Å². The molecule has 0 unspecified atom stereocenters. The van der Waals surface area contributed by atoms with Crippen molar-refractivity contribution >= 4 is 0 Å². The van der Waals surface area contributed by atoms with E-state index in [0.717, 1.165) is 24.1 Å². The highest BCUT2D eigenvalue weighted by Gasteiger charge is 2.30. The predicted octanol–water partition coefficient (Wildman–Crippen LogP) is 1.89. The van der Waals surface area contributed by atoms with Crippen LogP contribution in [-0.2, 0) is 0 Å².